The molecule has 0 heterocycles. The van der Waals surface area contributed by atoms with Gasteiger partial charge in [-0.3, -0.25) is 0 Å². The molecule has 0 saturated heterocycles. The maximum Gasteiger partial charge on any atom is 0.335 e. The SMILES string of the molecule is O=C(O)c1ccc(Br)c(/C=C/c2ccc(Cl)cc2)c1. The molecule has 0 atom stereocenters. The van der Waals surface area contributed by atoms with Crippen LogP contribution >= 0.6 is 27.5 Å². The van der Waals surface area contributed by atoms with E-state index < -0.39 is 5.97 Å². The van der Waals surface area contributed by atoms with E-state index in [2.05, 4.69) is 15.9 Å². The lowest BCUT2D eigenvalue weighted by Gasteiger charge is -2.01. The first kappa shape index (κ1) is 13.8. The molecule has 0 aliphatic carbocycles. The van der Waals surface area contributed by atoms with Gasteiger partial charge in [-0.05, 0) is 41.5 Å². The second kappa shape index (κ2) is 6.04. The Bertz CT molecular complexity index is 633. The van der Waals surface area contributed by atoms with Crippen LogP contribution in [0.4, 0.5) is 0 Å². The molecule has 0 bridgehead atoms. The number of carboxylic acids is 1. The number of carboxylic acid groups (broad SMARTS) is 1. The number of benzene rings is 2. The summed E-state index contributed by atoms with van der Waals surface area (Å²) >= 11 is 9.21. The lowest BCUT2D eigenvalue weighted by molar-refractivity contribution is 0.0697. The Labute approximate surface area is 124 Å². The minimum absolute atomic E-state index is 0.263. The zero-order chi connectivity index (χ0) is 13.8. The monoisotopic (exact) mass is 336 g/mol. The van der Waals surface area contributed by atoms with Gasteiger partial charge in [-0.1, -0.05) is 51.8 Å². The second-order valence-electron chi connectivity index (χ2n) is 3.93. The van der Waals surface area contributed by atoms with Crippen LogP contribution in [0.15, 0.2) is 46.9 Å². The lowest BCUT2D eigenvalue weighted by Crippen LogP contribution is -1.96. The summed E-state index contributed by atoms with van der Waals surface area (Å²) in [4.78, 5) is 10.9. The molecule has 0 aliphatic heterocycles. The molecule has 0 fully saturated rings. The molecule has 0 spiro atoms. The Kier molecular flexibility index (Phi) is 4.40. The van der Waals surface area contributed by atoms with Crippen LogP contribution in [0.1, 0.15) is 21.5 Å². The van der Waals surface area contributed by atoms with Crippen molar-refractivity contribution in [3.8, 4) is 0 Å². The van der Waals surface area contributed by atoms with Crippen molar-refractivity contribution in [1.82, 2.24) is 0 Å². The molecule has 19 heavy (non-hydrogen) atoms. The molecule has 0 saturated carbocycles. The largest absolute Gasteiger partial charge is 0.478 e. The average Bonchev–Trinajstić information content (AvgIpc) is 2.39. The Hall–Kier alpha value is -1.58. The predicted octanol–water partition coefficient (Wildman–Crippen LogP) is 4.97. The summed E-state index contributed by atoms with van der Waals surface area (Å²) in [6.45, 7) is 0. The Morgan fingerprint density at radius 1 is 1.11 bits per heavy atom. The molecule has 0 aromatic heterocycles. The third kappa shape index (κ3) is 3.69. The predicted molar refractivity (Wildman–Crippen MR) is 81.5 cm³/mol. The fraction of sp³-hybridized carbons (Fsp3) is 0. The quantitative estimate of drug-likeness (QED) is 0.803. The first-order valence-corrected chi connectivity index (χ1v) is 6.70. The number of hydrogen-bond acceptors (Lipinski definition) is 1. The topological polar surface area (TPSA) is 37.3 Å². The van der Waals surface area contributed by atoms with E-state index in [1.165, 1.54) is 0 Å². The number of rotatable bonds is 3. The highest BCUT2D eigenvalue weighted by atomic mass is 79.9. The van der Waals surface area contributed by atoms with Crippen LogP contribution < -0.4 is 0 Å². The van der Waals surface area contributed by atoms with Crippen LogP contribution in [-0.4, -0.2) is 11.1 Å². The highest BCUT2D eigenvalue weighted by molar-refractivity contribution is 9.10. The average molecular weight is 338 g/mol. The Morgan fingerprint density at radius 2 is 1.79 bits per heavy atom. The first-order valence-electron chi connectivity index (χ1n) is 5.53. The molecule has 0 amide bonds. The van der Waals surface area contributed by atoms with Gasteiger partial charge in [-0.2, -0.15) is 0 Å². The third-order valence-corrected chi connectivity index (χ3v) is 3.54. The summed E-state index contributed by atoms with van der Waals surface area (Å²) in [5, 5.41) is 9.65. The van der Waals surface area contributed by atoms with Gasteiger partial charge in [-0.15, -0.1) is 0 Å². The highest BCUT2D eigenvalue weighted by Crippen LogP contribution is 2.21. The Morgan fingerprint density at radius 3 is 2.42 bits per heavy atom. The number of aromatic carboxylic acids is 1. The van der Waals surface area contributed by atoms with Crippen LogP contribution in [-0.2, 0) is 0 Å². The van der Waals surface area contributed by atoms with Gasteiger partial charge in [0.1, 0.15) is 0 Å². The van der Waals surface area contributed by atoms with Gasteiger partial charge < -0.3 is 5.11 Å². The molecule has 2 aromatic rings. The van der Waals surface area contributed by atoms with Crippen LogP contribution in [0.5, 0.6) is 0 Å². The van der Waals surface area contributed by atoms with Gasteiger partial charge in [0.25, 0.3) is 0 Å². The number of carbonyl (C=O) groups is 1. The van der Waals surface area contributed by atoms with Crippen molar-refractivity contribution in [2.24, 2.45) is 0 Å². The molecule has 2 rings (SSSR count). The number of hydrogen-bond donors (Lipinski definition) is 1. The molecule has 0 radical (unpaired) electrons. The molecular formula is C15H10BrClO2. The van der Waals surface area contributed by atoms with Crippen LogP contribution in [0, 0.1) is 0 Å². The minimum atomic E-state index is -0.936. The molecule has 4 heteroatoms. The van der Waals surface area contributed by atoms with E-state index >= 15 is 0 Å². The van der Waals surface area contributed by atoms with E-state index in [0.29, 0.717) is 5.02 Å². The summed E-state index contributed by atoms with van der Waals surface area (Å²) < 4.78 is 0.850. The fourth-order valence-electron chi connectivity index (χ4n) is 1.56. The van der Waals surface area contributed by atoms with Crippen molar-refractivity contribution >= 4 is 45.7 Å². The van der Waals surface area contributed by atoms with Crippen molar-refractivity contribution < 1.29 is 9.90 Å². The maximum absolute atomic E-state index is 10.9. The Balaban J connectivity index is 2.29. The zero-order valence-electron chi connectivity index (χ0n) is 9.81. The molecule has 2 nitrogen and oxygen atoms in total. The van der Waals surface area contributed by atoms with Gasteiger partial charge in [-0.25, -0.2) is 4.79 Å². The van der Waals surface area contributed by atoms with Gasteiger partial charge in [0.2, 0.25) is 0 Å². The van der Waals surface area contributed by atoms with E-state index in [-0.39, 0.29) is 5.56 Å². The van der Waals surface area contributed by atoms with Gasteiger partial charge in [0, 0.05) is 9.50 Å². The third-order valence-electron chi connectivity index (χ3n) is 2.57. The van der Waals surface area contributed by atoms with Crippen LogP contribution in [0.3, 0.4) is 0 Å². The fourth-order valence-corrected chi connectivity index (χ4v) is 2.07. The smallest absolute Gasteiger partial charge is 0.335 e. The van der Waals surface area contributed by atoms with E-state index in [1.54, 1.807) is 18.2 Å². The van der Waals surface area contributed by atoms with Crippen molar-refractivity contribution in [1.29, 1.82) is 0 Å². The molecule has 0 aliphatic rings. The van der Waals surface area contributed by atoms with Gasteiger partial charge in [0.15, 0.2) is 0 Å². The maximum atomic E-state index is 10.9. The summed E-state index contributed by atoms with van der Waals surface area (Å²) in [6, 6.07) is 12.3. The molecule has 2 aromatic carbocycles. The van der Waals surface area contributed by atoms with Crippen molar-refractivity contribution in [3.63, 3.8) is 0 Å². The normalized spacial score (nSPS) is 10.8. The van der Waals surface area contributed by atoms with E-state index in [1.807, 2.05) is 36.4 Å². The first-order chi connectivity index (χ1) is 9.06. The summed E-state index contributed by atoms with van der Waals surface area (Å²) in [5.74, 6) is -0.936. The van der Waals surface area contributed by atoms with Gasteiger partial charge in [0.05, 0.1) is 5.56 Å². The van der Waals surface area contributed by atoms with E-state index in [4.69, 9.17) is 16.7 Å². The van der Waals surface area contributed by atoms with E-state index in [0.717, 1.165) is 15.6 Å². The molecule has 0 unspecified atom stereocenters. The van der Waals surface area contributed by atoms with Crippen LogP contribution in [0.2, 0.25) is 5.02 Å². The van der Waals surface area contributed by atoms with E-state index in [9.17, 15) is 4.79 Å². The second-order valence-corrected chi connectivity index (χ2v) is 5.22. The summed E-state index contributed by atoms with van der Waals surface area (Å²) in [6.07, 6.45) is 3.77. The van der Waals surface area contributed by atoms with Crippen molar-refractivity contribution in [2.45, 2.75) is 0 Å². The molecular weight excluding hydrogens is 328 g/mol. The van der Waals surface area contributed by atoms with Crippen molar-refractivity contribution in [3.05, 3.63) is 68.7 Å². The van der Waals surface area contributed by atoms with Crippen molar-refractivity contribution in [2.75, 3.05) is 0 Å². The summed E-state index contributed by atoms with van der Waals surface area (Å²) in [5.41, 5.74) is 2.07. The van der Waals surface area contributed by atoms with Gasteiger partial charge >= 0.3 is 5.97 Å². The summed E-state index contributed by atoms with van der Waals surface area (Å²) in [7, 11) is 0. The highest BCUT2D eigenvalue weighted by Gasteiger charge is 2.04. The molecule has 1 N–H and O–H groups in total. The zero-order valence-corrected chi connectivity index (χ0v) is 12.1. The number of halogens is 2. The van der Waals surface area contributed by atoms with Crippen LogP contribution in [0.25, 0.3) is 12.2 Å². The molecule has 96 valence electrons. The minimum Gasteiger partial charge on any atom is -0.478 e. The lowest BCUT2D eigenvalue weighted by atomic mass is 10.1. The standard InChI is InChI=1S/C15H10BrClO2/c16-14-8-5-12(15(18)19)9-11(14)4-1-10-2-6-13(17)7-3-10/h1-9H,(H,18,19)/b4-1+.